The first-order valence-corrected chi connectivity index (χ1v) is 8.22. The van der Waals surface area contributed by atoms with E-state index in [4.69, 9.17) is 9.47 Å². The fourth-order valence-electron chi connectivity index (χ4n) is 2.90. The highest BCUT2D eigenvalue weighted by atomic mass is 19.1. The van der Waals surface area contributed by atoms with Gasteiger partial charge in [-0.25, -0.2) is 8.78 Å². The zero-order valence-electron chi connectivity index (χ0n) is 14.3. The molecule has 6 nitrogen and oxygen atoms in total. The van der Waals surface area contributed by atoms with Crippen LogP contribution < -0.4 is 14.8 Å². The van der Waals surface area contributed by atoms with Crippen molar-refractivity contribution in [1.29, 1.82) is 0 Å². The number of para-hydroxylation sites is 1. The van der Waals surface area contributed by atoms with E-state index in [-0.39, 0.29) is 16.8 Å². The van der Waals surface area contributed by atoms with Gasteiger partial charge in [0.05, 0.1) is 11.3 Å². The van der Waals surface area contributed by atoms with Crippen LogP contribution in [0.5, 0.6) is 11.5 Å². The summed E-state index contributed by atoms with van der Waals surface area (Å²) in [5.41, 5.74) is 0.746. The zero-order chi connectivity index (χ0) is 19.0. The number of carbonyl (C=O) groups excluding carboxylic acids is 1. The summed E-state index contributed by atoms with van der Waals surface area (Å²) in [6.07, 6.45) is 1.47. The predicted molar refractivity (Wildman–Crippen MR) is 93.9 cm³/mol. The number of ether oxygens (including phenoxy) is 2. The lowest BCUT2D eigenvalue weighted by Crippen LogP contribution is -2.19. The van der Waals surface area contributed by atoms with Gasteiger partial charge >= 0.3 is 0 Å². The number of hydrogen-bond acceptors (Lipinski definition) is 4. The maximum atomic E-state index is 14.2. The second kappa shape index (κ2) is 6.71. The minimum absolute atomic E-state index is 0.0387. The fraction of sp³-hybridized carbons (Fsp3) is 0.158. The maximum Gasteiger partial charge on any atom is 0.259 e. The van der Waals surface area contributed by atoms with E-state index in [2.05, 4.69) is 10.4 Å². The molecule has 0 aliphatic carbocycles. The number of carbonyl (C=O) groups is 1. The lowest BCUT2D eigenvalue weighted by molar-refractivity contribution is 0.102. The number of halogens is 2. The molecule has 1 aliphatic rings. The monoisotopic (exact) mass is 371 g/mol. The zero-order valence-corrected chi connectivity index (χ0v) is 14.3. The number of aryl methyl sites for hydroxylation is 1. The number of hydrogen-bond donors (Lipinski definition) is 1. The number of nitrogens with zero attached hydrogens (tertiary/aromatic N) is 2. The van der Waals surface area contributed by atoms with Gasteiger partial charge in [-0.2, -0.15) is 5.10 Å². The Balaban J connectivity index is 1.70. The molecule has 1 aromatic heterocycles. The molecule has 0 radical (unpaired) electrons. The Morgan fingerprint density at radius 1 is 1.19 bits per heavy atom. The van der Waals surface area contributed by atoms with Crippen molar-refractivity contribution in [3.63, 3.8) is 0 Å². The van der Waals surface area contributed by atoms with Gasteiger partial charge in [0.15, 0.2) is 11.5 Å². The van der Waals surface area contributed by atoms with Crippen molar-refractivity contribution in [2.45, 2.75) is 0 Å². The molecule has 0 unspecified atom stereocenters. The first-order valence-electron chi connectivity index (χ1n) is 8.22. The molecule has 4 rings (SSSR count). The average Bonchev–Trinajstić information content (AvgIpc) is 3.03. The van der Waals surface area contributed by atoms with Gasteiger partial charge < -0.3 is 14.8 Å². The molecule has 1 aliphatic heterocycles. The molecule has 0 atom stereocenters. The van der Waals surface area contributed by atoms with E-state index in [1.165, 1.54) is 16.9 Å². The fourth-order valence-corrected chi connectivity index (χ4v) is 2.90. The highest BCUT2D eigenvalue weighted by Gasteiger charge is 2.23. The van der Waals surface area contributed by atoms with Crippen molar-refractivity contribution in [1.82, 2.24) is 9.78 Å². The Hall–Kier alpha value is -3.42. The van der Waals surface area contributed by atoms with Crippen LogP contribution in [-0.4, -0.2) is 28.9 Å². The van der Waals surface area contributed by atoms with E-state index in [1.807, 2.05) is 0 Å². The molecular weight excluding hydrogens is 356 g/mol. The quantitative estimate of drug-likeness (QED) is 0.767. The maximum absolute atomic E-state index is 14.2. The van der Waals surface area contributed by atoms with Crippen LogP contribution in [0.25, 0.3) is 11.3 Å². The Labute approximate surface area is 153 Å². The van der Waals surface area contributed by atoms with E-state index >= 15 is 0 Å². The SMILES string of the molecule is Cn1cc(C(=O)Nc2cccc3c2OCCO3)c(-c2ccc(F)cc2F)n1. The first kappa shape index (κ1) is 17.0. The van der Waals surface area contributed by atoms with Gasteiger partial charge in [-0.1, -0.05) is 6.07 Å². The smallest absolute Gasteiger partial charge is 0.259 e. The normalized spacial score (nSPS) is 12.7. The number of aromatic nitrogens is 2. The van der Waals surface area contributed by atoms with Gasteiger partial charge in [0.25, 0.3) is 5.91 Å². The van der Waals surface area contributed by atoms with Crippen LogP contribution >= 0.6 is 0 Å². The standard InChI is InChI=1S/C19H15F2N3O3/c1-24-10-13(17(23-24)12-6-5-11(20)9-14(12)21)19(25)22-15-3-2-4-16-18(15)27-8-7-26-16/h2-6,9-10H,7-8H2,1H3,(H,22,25). The van der Waals surface area contributed by atoms with E-state index in [0.29, 0.717) is 30.4 Å². The molecule has 0 saturated heterocycles. The molecule has 1 amide bonds. The summed E-state index contributed by atoms with van der Waals surface area (Å²) in [6, 6.07) is 8.28. The van der Waals surface area contributed by atoms with Crippen molar-refractivity contribution in [2.24, 2.45) is 7.05 Å². The van der Waals surface area contributed by atoms with Crippen LogP contribution in [0.3, 0.4) is 0 Å². The second-order valence-electron chi connectivity index (χ2n) is 5.97. The number of fused-ring (bicyclic) bond motifs is 1. The van der Waals surface area contributed by atoms with Crippen molar-refractivity contribution in [3.05, 3.63) is 59.8 Å². The Kier molecular flexibility index (Phi) is 4.23. The van der Waals surface area contributed by atoms with E-state index < -0.39 is 17.5 Å². The topological polar surface area (TPSA) is 65.4 Å². The Morgan fingerprint density at radius 2 is 2.00 bits per heavy atom. The highest BCUT2D eigenvalue weighted by molar-refractivity contribution is 6.08. The van der Waals surface area contributed by atoms with Crippen molar-refractivity contribution in [2.75, 3.05) is 18.5 Å². The summed E-state index contributed by atoms with van der Waals surface area (Å²) in [5.74, 6) is -1.02. The molecular formula is C19H15F2N3O3. The molecule has 2 heterocycles. The summed E-state index contributed by atoms with van der Waals surface area (Å²) >= 11 is 0. The third-order valence-corrected chi connectivity index (χ3v) is 4.07. The lowest BCUT2D eigenvalue weighted by atomic mass is 10.1. The molecule has 0 saturated carbocycles. The summed E-state index contributed by atoms with van der Waals surface area (Å²) in [7, 11) is 1.61. The van der Waals surface area contributed by atoms with E-state index in [0.717, 1.165) is 12.1 Å². The second-order valence-corrected chi connectivity index (χ2v) is 5.97. The Bertz CT molecular complexity index is 1030. The Morgan fingerprint density at radius 3 is 2.81 bits per heavy atom. The number of rotatable bonds is 3. The first-order chi connectivity index (χ1) is 13.0. The third-order valence-electron chi connectivity index (χ3n) is 4.07. The van der Waals surface area contributed by atoms with Crippen molar-refractivity contribution < 1.29 is 23.0 Å². The van der Waals surface area contributed by atoms with Crippen molar-refractivity contribution >= 4 is 11.6 Å². The molecule has 0 fully saturated rings. The number of nitrogens with one attached hydrogen (secondary N) is 1. The van der Waals surface area contributed by atoms with Crippen LogP contribution in [0.4, 0.5) is 14.5 Å². The van der Waals surface area contributed by atoms with Gasteiger partial charge in [0.2, 0.25) is 0 Å². The van der Waals surface area contributed by atoms with Crippen LogP contribution in [0.2, 0.25) is 0 Å². The molecule has 0 bridgehead atoms. The number of amides is 1. The van der Waals surface area contributed by atoms with E-state index in [1.54, 1.807) is 25.2 Å². The van der Waals surface area contributed by atoms with Crippen LogP contribution in [0.1, 0.15) is 10.4 Å². The number of anilines is 1. The molecule has 0 spiro atoms. The van der Waals surface area contributed by atoms with Crippen LogP contribution in [0, 0.1) is 11.6 Å². The predicted octanol–water partition coefficient (Wildman–Crippen LogP) is 3.39. The average molecular weight is 371 g/mol. The molecule has 138 valence electrons. The molecule has 8 heteroatoms. The van der Waals surface area contributed by atoms with E-state index in [9.17, 15) is 13.6 Å². The van der Waals surface area contributed by atoms with Crippen LogP contribution in [-0.2, 0) is 7.05 Å². The molecule has 2 aromatic carbocycles. The van der Waals surface area contributed by atoms with Crippen LogP contribution in [0.15, 0.2) is 42.6 Å². The molecule has 3 aromatic rings. The van der Waals surface area contributed by atoms with Gasteiger partial charge in [-0.05, 0) is 24.3 Å². The molecule has 1 N–H and O–H groups in total. The van der Waals surface area contributed by atoms with Gasteiger partial charge in [-0.15, -0.1) is 0 Å². The van der Waals surface area contributed by atoms with Gasteiger partial charge in [-0.3, -0.25) is 9.48 Å². The summed E-state index contributed by atoms with van der Waals surface area (Å²) in [6.45, 7) is 0.805. The minimum atomic E-state index is -0.795. The minimum Gasteiger partial charge on any atom is -0.486 e. The summed E-state index contributed by atoms with van der Waals surface area (Å²) in [5, 5.41) is 6.91. The molecule has 27 heavy (non-hydrogen) atoms. The number of benzene rings is 2. The van der Waals surface area contributed by atoms with Crippen molar-refractivity contribution in [3.8, 4) is 22.8 Å². The lowest BCUT2D eigenvalue weighted by Gasteiger charge is -2.21. The third kappa shape index (κ3) is 3.21. The summed E-state index contributed by atoms with van der Waals surface area (Å²) < 4.78 is 39.9. The highest BCUT2D eigenvalue weighted by Crippen LogP contribution is 2.37. The summed E-state index contributed by atoms with van der Waals surface area (Å²) in [4.78, 5) is 12.8. The largest absolute Gasteiger partial charge is 0.486 e. The van der Waals surface area contributed by atoms with Gasteiger partial charge in [0.1, 0.15) is 30.5 Å². The van der Waals surface area contributed by atoms with Gasteiger partial charge in [0, 0.05) is 24.9 Å².